The van der Waals surface area contributed by atoms with Gasteiger partial charge in [-0.1, -0.05) is 0 Å². The van der Waals surface area contributed by atoms with Crippen molar-refractivity contribution >= 4 is 11.8 Å². The molecule has 1 aromatic rings. The Hall–Kier alpha value is -1.95. The van der Waals surface area contributed by atoms with Crippen LogP contribution in [0.25, 0.3) is 0 Å². The molecule has 22 heavy (non-hydrogen) atoms. The first-order valence-electron chi connectivity index (χ1n) is 7.85. The van der Waals surface area contributed by atoms with Crippen LogP contribution < -0.4 is 5.73 Å². The van der Waals surface area contributed by atoms with E-state index in [2.05, 4.69) is 16.9 Å². The van der Waals surface area contributed by atoms with Gasteiger partial charge in [-0.05, 0) is 51.4 Å². The molecule has 0 aliphatic carbocycles. The molecule has 2 N–H and O–H groups in total. The van der Waals surface area contributed by atoms with Gasteiger partial charge in [-0.2, -0.15) is 0 Å². The molecule has 2 saturated heterocycles. The van der Waals surface area contributed by atoms with E-state index in [0.717, 1.165) is 32.4 Å². The van der Waals surface area contributed by atoms with Gasteiger partial charge in [-0.15, -0.1) is 0 Å². The average Bonchev–Trinajstić information content (AvgIpc) is 3.14. The Bertz CT molecular complexity index is 572. The summed E-state index contributed by atoms with van der Waals surface area (Å²) in [5, 5.41) is 0. The van der Waals surface area contributed by atoms with E-state index in [-0.39, 0.29) is 11.9 Å². The molecule has 0 aromatic carbocycles. The van der Waals surface area contributed by atoms with Gasteiger partial charge in [0.25, 0.3) is 5.91 Å². The van der Waals surface area contributed by atoms with Crippen LogP contribution in [0.5, 0.6) is 0 Å². The van der Waals surface area contributed by atoms with Gasteiger partial charge in [-0.3, -0.25) is 14.6 Å². The molecule has 0 radical (unpaired) electrons. The van der Waals surface area contributed by atoms with E-state index in [4.69, 9.17) is 5.73 Å². The SMILES string of the molecule is CN1CCCC1C1CCCN1C(=O)c1ccc(C(N)=O)cn1. The molecule has 2 unspecified atom stereocenters. The largest absolute Gasteiger partial charge is 0.366 e. The molecule has 3 heterocycles. The average molecular weight is 302 g/mol. The molecule has 2 atom stereocenters. The van der Waals surface area contributed by atoms with Crippen LogP contribution >= 0.6 is 0 Å². The predicted octanol–water partition coefficient (Wildman–Crippen LogP) is 0.879. The number of likely N-dealkylation sites (N-methyl/N-ethyl adjacent to an activating group) is 1. The highest BCUT2D eigenvalue weighted by atomic mass is 16.2. The minimum atomic E-state index is -0.530. The molecule has 118 valence electrons. The molecule has 6 heteroatoms. The maximum absolute atomic E-state index is 12.7. The first-order chi connectivity index (χ1) is 10.6. The van der Waals surface area contributed by atoms with Gasteiger partial charge in [0.15, 0.2) is 0 Å². The molecule has 2 amide bonds. The number of likely N-dealkylation sites (tertiary alicyclic amines) is 2. The number of pyridine rings is 1. The van der Waals surface area contributed by atoms with Crippen LogP contribution in [-0.2, 0) is 0 Å². The first-order valence-corrected chi connectivity index (χ1v) is 7.85. The molecule has 2 aliphatic heterocycles. The minimum Gasteiger partial charge on any atom is -0.366 e. The Morgan fingerprint density at radius 1 is 1.18 bits per heavy atom. The molecule has 1 aromatic heterocycles. The first kappa shape index (κ1) is 15.0. The highest BCUT2D eigenvalue weighted by Gasteiger charge is 2.38. The molecule has 3 rings (SSSR count). The van der Waals surface area contributed by atoms with E-state index in [0.29, 0.717) is 17.3 Å². The Morgan fingerprint density at radius 3 is 2.50 bits per heavy atom. The van der Waals surface area contributed by atoms with Crippen molar-refractivity contribution in [3.63, 3.8) is 0 Å². The molecule has 0 spiro atoms. The number of aromatic nitrogens is 1. The summed E-state index contributed by atoms with van der Waals surface area (Å²) in [5.41, 5.74) is 5.91. The van der Waals surface area contributed by atoms with Crippen LogP contribution in [0.1, 0.15) is 46.5 Å². The van der Waals surface area contributed by atoms with Gasteiger partial charge in [0.2, 0.25) is 5.91 Å². The van der Waals surface area contributed by atoms with Crippen LogP contribution in [-0.4, -0.2) is 58.8 Å². The normalized spacial score (nSPS) is 25.6. The van der Waals surface area contributed by atoms with Crippen molar-refractivity contribution in [3.8, 4) is 0 Å². The quantitative estimate of drug-likeness (QED) is 0.899. The van der Waals surface area contributed by atoms with Gasteiger partial charge in [-0.25, -0.2) is 0 Å². The lowest BCUT2D eigenvalue weighted by molar-refractivity contribution is 0.0658. The van der Waals surface area contributed by atoms with Gasteiger partial charge >= 0.3 is 0 Å². The van der Waals surface area contributed by atoms with E-state index < -0.39 is 5.91 Å². The molecular weight excluding hydrogens is 280 g/mol. The monoisotopic (exact) mass is 302 g/mol. The van der Waals surface area contributed by atoms with E-state index in [1.165, 1.54) is 12.6 Å². The zero-order valence-electron chi connectivity index (χ0n) is 12.9. The zero-order valence-corrected chi connectivity index (χ0v) is 12.9. The molecule has 2 aliphatic rings. The molecule has 2 fully saturated rings. The number of amides is 2. The maximum Gasteiger partial charge on any atom is 0.272 e. The summed E-state index contributed by atoms with van der Waals surface area (Å²) in [4.78, 5) is 32.2. The van der Waals surface area contributed by atoms with E-state index in [1.54, 1.807) is 12.1 Å². The summed E-state index contributed by atoms with van der Waals surface area (Å²) >= 11 is 0. The van der Waals surface area contributed by atoms with Crippen molar-refractivity contribution in [3.05, 3.63) is 29.6 Å². The van der Waals surface area contributed by atoms with Crippen LogP contribution in [0, 0.1) is 0 Å². The van der Waals surface area contributed by atoms with Crippen molar-refractivity contribution in [1.82, 2.24) is 14.8 Å². The zero-order chi connectivity index (χ0) is 15.7. The molecule has 0 bridgehead atoms. The number of carbonyl (C=O) groups excluding carboxylic acids is 2. The number of primary amides is 1. The maximum atomic E-state index is 12.7. The third kappa shape index (κ3) is 2.70. The Labute approximate surface area is 130 Å². The summed E-state index contributed by atoms with van der Waals surface area (Å²) in [6.45, 7) is 1.89. The number of hydrogen-bond donors (Lipinski definition) is 1. The van der Waals surface area contributed by atoms with Gasteiger partial charge in [0.05, 0.1) is 5.56 Å². The molecule has 6 nitrogen and oxygen atoms in total. The van der Waals surface area contributed by atoms with Crippen LogP contribution in [0.4, 0.5) is 0 Å². The lowest BCUT2D eigenvalue weighted by atomic mass is 10.0. The summed E-state index contributed by atoms with van der Waals surface area (Å²) in [5.74, 6) is -0.572. The van der Waals surface area contributed by atoms with Gasteiger partial charge < -0.3 is 15.5 Å². The Kier molecular flexibility index (Phi) is 4.11. The van der Waals surface area contributed by atoms with Crippen molar-refractivity contribution in [2.45, 2.75) is 37.8 Å². The number of hydrogen-bond acceptors (Lipinski definition) is 4. The Balaban J connectivity index is 1.77. The van der Waals surface area contributed by atoms with Crippen LogP contribution in [0.15, 0.2) is 18.3 Å². The predicted molar refractivity (Wildman–Crippen MR) is 82.5 cm³/mol. The second-order valence-corrected chi connectivity index (χ2v) is 6.19. The Morgan fingerprint density at radius 2 is 1.91 bits per heavy atom. The van der Waals surface area contributed by atoms with Gasteiger partial charge in [0, 0.05) is 24.8 Å². The second-order valence-electron chi connectivity index (χ2n) is 6.19. The van der Waals surface area contributed by atoms with E-state index >= 15 is 0 Å². The third-order valence-electron chi connectivity index (χ3n) is 4.85. The third-order valence-corrected chi connectivity index (χ3v) is 4.85. The van der Waals surface area contributed by atoms with Crippen molar-refractivity contribution in [2.75, 3.05) is 20.1 Å². The number of rotatable bonds is 3. The number of nitrogens with zero attached hydrogens (tertiary/aromatic N) is 3. The highest BCUT2D eigenvalue weighted by Crippen LogP contribution is 2.29. The van der Waals surface area contributed by atoms with Crippen molar-refractivity contribution in [1.29, 1.82) is 0 Å². The van der Waals surface area contributed by atoms with Crippen molar-refractivity contribution < 1.29 is 9.59 Å². The van der Waals surface area contributed by atoms with Crippen molar-refractivity contribution in [2.24, 2.45) is 5.73 Å². The number of carbonyl (C=O) groups is 2. The fourth-order valence-electron chi connectivity index (χ4n) is 3.68. The topological polar surface area (TPSA) is 79.5 Å². The fraction of sp³-hybridized carbons (Fsp3) is 0.562. The van der Waals surface area contributed by atoms with Gasteiger partial charge in [0.1, 0.15) is 5.69 Å². The second kappa shape index (κ2) is 6.04. The number of nitrogens with two attached hydrogens (primary N) is 1. The minimum absolute atomic E-state index is 0.0428. The molecule has 0 saturated carbocycles. The lowest BCUT2D eigenvalue weighted by Gasteiger charge is -2.33. The summed E-state index contributed by atoms with van der Waals surface area (Å²) in [6, 6.07) is 3.89. The van der Waals surface area contributed by atoms with E-state index in [9.17, 15) is 9.59 Å². The fourth-order valence-corrected chi connectivity index (χ4v) is 3.68. The van der Waals surface area contributed by atoms with Crippen LogP contribution in [0.2, 0.25) is 0 Å². The summed E-state index contributed by atoms with van der Waals surface area (Å²) < 4.78 is 0. The summed E-state index contributed by atoms with van der Waals surface area (Å²) in [6.07, 6.45) is 5.83. The lowest BCUT2D eigenvalue weighted by Crippen LogP contribution is -2.47. The van der Waals surface area contributed by atoms with Crippen LogP contribution in [0.3, 0.4) is 0 Å². The van der Waals surface area contributed by atoms with E-state index in [1.807, 2.05) is 4.90 Å². The molecular formula is C16H22N4O2. The smallest absolute Gasteiger partial charge is 0.272 e. The summed E-state index contributed by atoms with van der Waals surface area (Å²) in [7, 11) is 2.14. The standard InChI is InChI=1S/C16H22N4O2/c1-19-8-2-4-13(19)14-5-3-9-20(14)16(22)12-7-6-11(10-18-12)15(17)21/h6-7,10,13-14H,2-5,8-9H2,1H3,(H2,17,21). The highest BCUT2D eigenvalue weighted by molar-refractivity contribution is 5.95.